The summed E-state index contributed by atoms with van der Waals surface area (Å²) < 4.78 is 1.88. The van der Waals surface area contributed by atoms with Gasteiger partial charge in [0.15, 0.2) is 5.78 Å². The number of amides is 2. The number of benzene rings is 1. The topological polar surface area (TPSA) is 71.4 Å². The van der Waals surface area contributed by atoms with Crippen LogP contribution in [0, 0.1) is 0 Å². The van der Waals surface area contributed by atoms with E-state index in [-0.39, 0.29) is 24.1 Å². The van der Waals surface area contributed by atoms with Crippen LogP contribution in [0.5, 0.6) is 0 Å². The molecule has 2 amide bonds. The Kier molecular flexibility index (Phi) is 4.38. The van der Waals surface area contributed by atoms with Crippen LogP contribution in [0.15, 0.2) is 30.5 Å². The van der Waals surface area contributed by atoms with E-state index in [1.807, 2.05) is 35.8 Å². The third kappa shape index (κ3) is 2.79. The van der Waals surface area contributed by atoms with Gasteiger partial charge in [-0.1, -0.05) is 25.1 Å². The van der Waals surface area contributed by atoms with E-state index < -0.39 is 6.04 Å². The van der Waals surface area contributed by atoms with E-state index in [4.69, 9.17) is 0 Å². The monoisotopic (exact) mass is 327 g/mol. The molecule has 1 aliphatic heterocycles. The number of hydrogen-bond acceptors (Lipinski definition) is 3. The van der Waals surface area contributed by atoms with Gasteiger partial charge in [-0.05, 0) is 19.4 Å². The highest BCUT2D eigenvalue weighted by Crippen LogP contribution is 2.27. The van der Waals surface area contributed by atoms with Gasteiger partial charge in [-0.2, -0.15) is 0 Å². The molecule has 6 heteroatoms. The van der Waals surface area contributed by atoms with Crippen molar-refractivity contribution in [2.24, 2.45) is 0 Å². The number of fused-ring (bicyclic) bond motifs is 1. The number of carbonyl (C=O) groups excluding carboxylic acids is 3. The van der Waals surface area contributed by atoms with Gasteiger partial charge >= 0.3 is 0 Å². The molecule has 0 saturated carbocycles. The van der Waals surface area contributed by atoms with Gasteiger partial charge in [-0.3, -0.25) is 14.4 Å². The zero-order valence-electron chi connectivity index (χ0n) is 13.9. The van der Waals surface area contributed by atoms with Gasteiger partial charge in [0.2, 0.25) is 11.8 Å². The normalized spacial score (nSPS) is 16.1. The number of aromatic nitrogens is 1. The SMILES string of the molecule is CC[C@H](C(=O)N1CCNC(=O)C1)n1cc(C(C)=O)c2ccccc21. The van der Waals surface area contributed by atoms with Crippen molar-refractivity contribution in [2.45, 2.75) is 26.3 Å². The first-order chi connectivity index (χ1) is 11.5. The first-order valence-electron chi connectivity index (χ1n) is 8.19. The van der Waals surface area contributed by atoms with Crippen LogP contribution in [0.3, 0.4) is 0 Å². The van der Waals surface area contributed by atoms with Crippen molar-refractivity contribution in [3.63, 3.8) is 0 Å². The van der Waals surface area contributed by atoms with Crippen molar-refractivity contribution in [2.75, 3.05) is 19.6 Å². The summed E-state index contributed by atoms with van der Waals surface area (Å²) in [5, 5.41) is 3.58. The second-order valence-electron chi connectivity index (χ2n) is 6.06. The summed E-state index contributed by atoms with van der Waals surface area (Å²) in [4.78, 5) is 38.0. The molecule has 1 atom stereocenters. The number of nitrogens with one attached hydrogen (secondary N) is 1. The minimum absolute atomic E-state index is 0.0235. The molecule has 1 aliphatic rings. The van der Waals surface area contributed by atoms with E-state index in [2.05, 4.69) is 5.32 Å². The lowest BCUT2D eigenvalue weighted by molar-refractivity contribution is -0.140. The number of Topliss-reactive ketones (excluding diaryl/α,β-unsaturated/α-hetero) is 1. The van der Waals surface area contributed by atoms with Gasteiger partial charge in [-0.25, -0.2) is 0 Å². The van der Waals surface area contributed by atoms with Crippen LogP contribution in [0.2, 0.25) is 0 Å². The third-order valence-electron chi connectivity index (χ3n) is 4.48. The van der Waals surface area contributed by atoms with Gasteiger partial charge in [0.1, 0.15) is 6.04 Å². The number of nitrogens with zero attached hydrogens (tertiary/aromatic N) is 2. The molecule has 126 valence electrons. The van der Waals surface area contributed by atoms with Crippen LogP contribution in [-0.2, 0) is 9.59 Å². The van der Waals surface area contributed by atoms with Gasteiger partial charge in [0.25, 0.3) is 0 Å². The van der Waals surface area contributed by atoms with Gasteiger partial charge in [0, 0.05) is 35.8 Å². The van der Waals surface area contributed by atoms with E-state index >= 15 is 0 Å². The maximum absolute atomic E-state index is 12.9. The van der Waals surface area contributed by atoms with Gasteiger partial charge in [-0.15, -0.1) is 0 Å². The molecule has 0 radical (unpaired) electrons. The fourth-order valence-corrected chi connectivity index (χ4v) is 3.27. The molecule has 0 spiro atoms. The van der Waals surface area contributed by atoms with E-state index in [1.165, 1.54) is 6.92 Å². The van der Waals surface area contributed by atoms with Crippen LogP contribution in [0.1, 0.15) is 36.7 Å². The Morgan fingerprint density at radius 3 is 2.71 bits per heavy atom. The lowest BCUT2D eigenvalue weighted by atomic mass is 10.1. The largest absolute Gasteiger partial charge is 0.353 e. The summed E-state index contributed by atoms with van der Waals surface area (Å²) >= 11 is 0. The summed E-state index contributed by atoms with van der Waals surface area (Å²) in [6.07, 6.45) is 2.36. The van der Waals surface area contributed by atoms with E-state index in [9.17, 15) is 14.4 Å². The van der Waals surface area contributed by atoms with E-state index in [0.29, 0.717) is 25.1 Å². The molecule has 0 unspecified atom stereocenters. The molecule has 3 rings (SSSR count). The standard InChI is InChI=1S/C18H21N3O3/c1-3-15(18(24)20-9-8-19-17(23)11-20)21-10-14(12(2)22)13-6-4-5-7-16(13)21/h4-7,10,15H,3,8-9,11H2,1-2H3,(H,19,23)/t15-/m1/s1. The Morgan fingerprint density at radius 1 is 1.29 bits per heavy atom. The van der Waals surface area contributed by atoms with E-state index in [1.54, 1.807) is 11.1 Å². The zero-order chi connectivity index (χ0) is 17.3. The van der Waals surface area contributed by atoms with Crippen molar-refractivity contribution in [1.82, 2.24) is 14.8 Å². The Hall–Kier alpha value is -2.63. The molecule has 1 N–H and O–H groups in total. The fraction of sp³-hybridized carbons (Fsp3) is 0.389. The molecule has 24 heavy (non-hydrogen) atoms. The van der Waals surface area contributed by atoms with Crippen LogP contribution < -0.4 is 5.32 Å². The first kappa shape index (κ1) is 16.2. The zero-order valence-corrected chi connectivity index (χ0v) is 13.9. The fourth-order valence-electron chi connectivity index (χ4n) is 3.27. The molecular formula is C18H21N3O3. The van der Waals surface area contributed by atoms with Crippen molar-refractivity contribution in [3.05, 3.63) is 36.0 Å². The molecule has 1 aromatic heterocycles. The van der Waals surface area contributed by atoms with E-state index in [0.717, 1.165) is 10.9 Å². The summed E-state index contributed by atoms with van der Waals surface area (Å²) in [7, 11) is 0. The number of piperazine rings is 1. The van der Waals surface area contributed by atoms with Crippen LogP contribution in [-0.4, -0.2) is 46.7 Å². The molecular weight excluding hydrogens is 306 g/mol. The smallest absolute Gasteiger partial charge is 0.246 e. The predicted octanol–water partition coefficient (Wildman–Crippen LogP) is 1.75. The summed E-state index contributed by atoms with van der Waals surface area (Å²) in [6.45, 7) is 4.55. The third-order valence-corrected chi connectivity index (χ3v) is 4.48. The maximum atomic E-state index is 12.9. The number of para-hydroxylation sites is 1. The predicted molar refractivity (Wildman–Crippen MR) is 90.9 cm³/mol. The van der Waals surface area contributed by atoms with Crippen molar-refractivity contribution in [3.8, 4) is 0 Å². The van der Waals surface area contributed by atoms with Crippen LogP contribution in [0.25, 0.3) is 10.9 Å². The Bertz CT molecular complexity index is 809. The Labute approximate surface area is 140 Å². The summed E-state index contributed by atoms with van der Waals surface area (Å²) in [6, 6.07) is 7.17. The van der Waals surface area contributed by atoms with Gasteiger partial charge < -0.3 is 14.8 Å². The highest BCUT2D eigenvalue weighted by atomic mass is 16.2. The maximum Gasteiger partial charge on any atom is 0.246 e. The average Bonchev–Trinajstić information content (AvgIpc) is 2.95. The highest BCUT2D eigenvalue weighted by Gasteiger charge is 2.29. The first-order valence-corrected chi connectivity index (χ1v) is 8.19. The lowest BCUT2D eigenvalue weighted by Crippen LogP contribution is -2.51. The van der Waals surface area contributed by atoms with Crippen LogP contribution in [0.4, 0.5) is 0 Å². The van der Waals surface area contributed by atoms with Crippen molar-refractivity contribution < 1.29 is 14.4 Å². The minimum Gasteiger partial charge on any atom is -0.353 e. The Morgan fingerprint density at radius 2 is 2.04 bits per heavy atom. The number of rotatable bonds is 4. The quantitative estimate of drug-likeness (QED) is 0.870. The lowest BCUT2D eigenvalue weighted by Gasteiger charge is -2.30. The summed E-state index contributed by atoms with van der Waals surface area (Å²) in [5.74, 6) is -0.237. The molecule has 2 heterocycles. The molecule has 1 saturated heterocycles. The summed E-state index contributed by atoms with van der Waals surface area (Å²) in [5.41, 5.74) is 1.48. The number of ketones is 1. The molecule has 6 nitrogen and oxygen atoms in total. The molecule has 0 bridgehead atoms. The second-order valence-corrected chi connectivity index (χ2v) is 6.06. The molecule has 1 fully saturated rings. The molecule has 2 aromatic rings. The second kappa shape index (κ2) is 6.47. The highest BCUT2D eigenvalue weighted by molar-refractivity contribution is 6.07. The van der Waals surface area contributed by atoms with Gasteiger partial charge in [0.05, 0.1) is 6.54 Å². The van der Waals surface area contributed by atoms with Crippen molar-refractivity contribution in [1.29, 1.82) is 0 Å². The number of hydrogen-bond donors (Lipinski definition) is 1. The average molecular weight is 327 g/mol. The molecule has 1 aromatic carbocycles. The Balaban J connectivity index is 2.02. The minimum atomic E-state index is -0.422. The molecule has 0 aliphatic carbocycles. The number of carbonyl (C=O) groups is 3. The van der Waals surface area contributed by atoms with Crippen LogP contribution >= 0.6 is 0 Å². The van der Waals surface area contributed by atoms with Crippen molar-refractivity contribution >= 4 is 28.5 Å².